The summed E-state index contributed by atoms with van der Waals surface area (Å²) < 4.78 is 0. The number of fused-ring (bicyclic) bond motifs is 1. The van der Waals surface area contributed by atoms with E-state index in [-0.39, 0.29) is 5.50 Å². The number of para-hydroxylation sites is 1. The molecule has 2 rings (SSSR count). The number of halogens is 1. The zero-order valence-corrected chi connectivity index (χ0v) is 8.68. The molecule has 1 aliphatic heterocycles. The molecule has 1 nitrogen and oxygen atoms in total. The number of rotatable bonds is 0. The quantitative estimate of drug-likeness (QED) is 0.492. The fourth-order valence-corrected chi connectivity index (χ4v) is 1.35. The molecule has 0 saturated heterocycles. The molecule has 1 N–H and O–H groups in total. The van der Waals surface area contributed by atoms with Gasteiger partial charge in [0, 0.05) is 5.69 Å². The monoisotopic (exact) mass is 195 g/mol. The van der Waals surface area contributed by atoms with Crippen LogP contribution in [0.1, 0.15) is 19.4 Å². The normalized spacial score (nSPS) is 17.9. The van der Waals surface area contributed by atoms with Crippen LogP contribution in [-0.4, -0.2) is 5.50 Å². The Balaban J connectivity index is 0.000000396. The third-order valence-corrected chi connectivity index (χ3v) is 1.95. The lowest BCUT2D eigenvalue weighted by Gasteiger charge is -2.16. The Morgan fingerprint density at radius 1 is 1.23 bits per heavy atom. The van der Waals surface area contributed by atoms with Gasteiger partial charge in [-0.1, -0.05) is 49.7 Å². The highest BCUT2D eigenvalue weighted by Gasteiger charge is 2.07. The van der Waals surface area contributed by atoms with Crippen LogP contribution in [0.4, 0.5) is 5.69 Å². The van der Waals surface area contributed by atoms with Crippen LogP contribution in [0.15, 0.2) is 30.3 Å². The first-order valence-electron chi connectivity index (χ1n) is 4.54. The molecule has 0 saturated carbocycles. The number of alkyl halides is 1. The molecule has 0 bridgehead atoms. The molecule has 0 aliphatic carbocycles. The van der Waals surface area contributed by atoms with Crippen LogP contribution >= 0.6 is 11.6 Å². The average Bonchev–Trinajstić information content (AvgIpc) is 2.21. The van der Waals surface area contributed by atoms with E-state index in [0.717, 1.165) is 5.69 Å². The van der Waals surface area contributed by atoms with Crippen LogP contribution in [0.25, 0.3) is 6.08 Å². The largest absolute Gasteiger partial charge is 0.366 e. The van der Waals surface area contributed by atoms with Crippen LogP contribution < -0.4 is 5.32 Å². The third kappa shape index (κ3) is 2.49. The minimum absolute atomic E-state index is 0.0649. The van der Waals surface area contributed by atoms with E-state index >= 15 is 0 Å². The van der Waals surface area contributed by atoms with Gasteiger partial charge in [0.05, 0.1) is 0 Å². The van der Waals surface area contributed by atoms with E-state index in [9.17, 15) is 0 Å². The minimum atomic E-state index is -0.0649. The summed E-state index contributed by atoms with van der Waals surface area (Å²) in [7, 11) is 0. The second-order valence-electron chi connectivity index (χ2n) is 2.49. The molecule has 0 radical (unpaired) electrons. The maximum Gasteiger partial charge on any atom is 0.120 e. The van der Waals surface area contributed by atoms with Crippen molar-refractivity contribution in [1.82, 2.24) is 0 Å². The van der Waals surface area contributed by atoms with Crippen LogP contribution in [0, 0.1) is 0 Å². The lowest BCUT2D eigenvalue weighted by molar-refractivity contribution is 1.22. The summed E-state index contributed by atoms with van der Waals surface area (Å²) in [6.45, 7) is 4.00. The second kappa shape index (κ2) is 4.93. The summed E-state index contributed by atoms with van der Waals surface area (Å²) in [5.41, 5.74) is 2.24. The molecule has 1 aromatic rings. The first-order valence-corrected chi connectivity index (χ1v) is 4.98. The molecule has 1 aliphatic rings. The number of benzene rings is 1. The van der Waals surface area contributed by atoms with E-state index < -0.39 is 0 Å². The van der Waals surface area contributed by atoms with Crippen LogP contribution in [0.2, 0.25) is 0 Å². The molecule has 1 atom stereocenters. The fraction of sp³-hybridized carbons (Fsp3) is 0.273. The Morgan fingerprint density at radius 3 is 2.69 bits per heavy atom. The van der Waals surface area contributed by atoms with Gasteiger partial charge in [0.1, 0.15) is 5.50 Å². The molecule has 1 aromatic carbocycles. The number of hydrogen-bond donors (Lipinski definition) is 1. The first-order chi connectivity index (χ1) is 6.36. The lowest BCUT2D eigenvalue weighted by atomic mass is 10.1. The van der Waals surface area contributed by atoms with E-state index in [1.165, 1.54) is 5.56 Å². The van der Waals surface area contributed by atoms with Gasteiger partial charge in [-0.05, 0) is 17.7 Å². The van der Waals surface area contributed by atoms with Crippen molar-refractivity contribution < 1.29 is 0 Å². The standard InChI is InChI=1S/C9H8ClN.C2H6/c10-9-6-5-7-3-1-2-4-8(7)11-9;1-2/h1-6,9,11H;1-2H3. The number of hydrogen-bond acceptors (Lipinski definition) is 1. The van der Waals surface area contributed by atoms with Crippen molar-refractivity contribution in [3.8, 4) is 0 Å². The highest BCUT2D eigenvalue weighted by Crippen LogP contribution is 2.23. The van der Waals surface area contributed by atoms with Crippen molar-refractivity contribution in [3.05, 3.63) is 35.9 Å². The van der Waals surface area contributed by atoms with Gasteiger partial charge in [0.15, 0.2) is 0 Å². The zero-order chi connectivity index (χ0) is 9.68. The van der Waals surface area contributed by atoms with E-state index in [1.54, 1.807) is 0 Å². The molecule has 0 fully saturated rings. The smallest absolute Gasteiger partial charge is 0.120 e. The Morgan fingerprint density at radius 2 is 1.92 bits per heavy atom. The number of anilines is 1. The van der Waals surface area contributed by atoms with Crippen molar-refractivity contribution in [2.24, 2.45) is 0 Å². The Labute approximate surface area is 84.4 Å². The molecule has 13 heavy (non-hydrogen) atoms. The molecule has 1 heterocycles. The molecule has 70 valence electrons. The fourth-order valence-electron chi connectivity index (χ4n) is 1.16. The lowest BCUT2D eigenvalue weighted by Crippen LogP contribution is -2.12. The highest BCUT2D eigenvalue weighted by molar-refractivity contribution is 6.23. The summed E-state index contributed by atoms with van der Waals surface area (Å²) >= 11 is 5.85. The Kier molecular flexibility index (Phi) is 3.84. The van der Waals surface area contributed by atoms with E-state index in [4.69, 9.17) is 11.6 Å². The van der Waals surface area contributed by atoms with Gasteiger partial charge in [0.25, 0.3) is 0 Å². The number of nitrogens with one attached hydrogen (secondary N) is 1. The van der Waals surface area contributed by atoms with Crippen molar-refractivity contribution in [3.63, 3.8) is 0 Å². The predicted molar refractivity (Wildman–Crippen MR) is 60.1 cm³/mol. The van der Waals surface area contributed by atoms with Crippen LogP contribution in [0.3, 0.4) is 0 Å². The summed E-state index contributed by atoms with van der Waals surface area (Å²) in [6.07, 6.45) is 3.97. The minimum Gasteiger partial charge on any atom is -0.366 e. The van der Waals surface area contributed by atoms with E-state index in [1.807, 2.05) is 44.2 Å². The molecular formula is C11H14ClN. The molecule has 0 amide bonds. The topological polar surface area (TPSA) is 12.0 Å². The maximum absolute atomic E-state index is 5.85. The molecule has 0 spiro atoms. The van der Waals surface area contributed by atoms with Gasteiger partial charge in [-0.15, -0.1) is 0 Å². The summed E-state index contributed by atoms with van der Waals surface area (Å²) in [4.78, 5) is 0. The zero-order valence-electron chi connectivity index (χ0n) is 7.92. The molecule has 1 unspecified atom stereocenters. The van der Waals surface area contributed by atoms with E-state index in [2.05, 4.69) is 11.4 Å². The van der Waals surface area contributed by atoms with Crippen LogP contribution in [-0.2, 0) is 0 Å². The highest BCUT2D eigenvalue weighted by atomic mass is 35.5. The van der Waals surface area contributed by atoms with Crippen molar-refractivity contribution in [1.29, 1.82) is 0 Å². The predicted octanol–water partition coefficient (Wildman–Crippen LogP) is 3.72. The van der Waals surface area contributed by atoms with Gasteiger partial charge >= 0.3 is 0 Å². The van der Waals surface area contributed by atoms with Gasteiger partial charge in [0.2, 0.25) is 0 Å². The van der Waals surface area contributed by atoms with Crippen molar-refractivity contribution in [2.75, 3.05) is 5.32 Å². The summed E-state index contributed by atoms with van der Waals surface area (Å²) in [5.74, 6) is 0. The Hall–Kier alpha value is -0.950. The average molecular weight is 196 g/mol. The first kappa shape index (κ1) is 10.1. The SMILES string of the molecule is CC.ClC1C=Cc2ccccc2N1. The second-order valence-corrected chi connectivity index (χ2v) is 2.96. The summed E-state index contributed by atoms with van der Waals surface area (Å²) in [6, 6.07) is 8.09. The maximum atomic E-state index is 5.85. The van der Waals surface area contributed by atoms with Gasteiger partial charge < -0.3 is 5.32 Å². The third-order valence-electron chi connectivity index (χ3n) is 1.70. The summed E-state index contributed by atoms with van der Waals surface area (Å²) in [5, 5.41) is 3.14. The van der Waals surface area contributed by atoms with E-state index in [0.29, 0.717) is 0 Å². The van der Waals surface area contributed by atoms with Gasteiger partial charge in [-0.25, -0.2) is 0 Å². The van der Waals surface area contributed by atoms with Gasteiger partial charge in [-0.2, -0.15) is 0 Å². The molecular weight excluding hydrogens is 182 g/mol. The van der Waals surface area contributed by atoms with Crippen molar-refractivity contribution >= 4 is 23.4 Å². The van der Waals surface area contributed by atoms with Crippen LogP contribution in [0.5, 0.6) is 0 Å². The molecule has 0 aromatic heterocycles. The molecule has 2 heteroatoms. The van der Waals surface area contributed by atoms with Crippen molar-refractivity contribution in [2.45, 2.75) is 19.3 Å². The van der Waals surface area contributed by atoms with Gasteiger partial charge in [-0.3, -0.25) is 0 Å². The Bertz CT molecular complexity index is 294.